The maximum atomic E-state index is 11.6. The third-order valence-electron chi connectivity index (χ3n) is 2.93. The molecule has 1 aromatic rings. The van der Waals surface area contributed by atoms with Gasteiger partial charge in [-0.3, -0.25) is 9.59 Å². The topological polar surface area (TPSA) is 58.6 Å². The smallest absolute Gasteiger partial charge is 0.242 e. The van der Waals surface area contributed by atoms with Gasteiger partial charge in [0.25, 0.3) is 0 Å². The van der Waals surface area contributed by atoms with Gasteiger partial charge in [-0.05, 0) is 19.1 Å². The van der Waals surface area contributed by atoms with Crippen molar-refractivity contribution >= 4 is 11.8 Å². The van der Waals surface area contributed by atoms with Crippen LogP contribution in [-0.4, -0.2) is 42.5 Å². The highest BCUT2D eigenvalue weighted by molar-refractivity contribution is 5.94. The lowest BCUT2D eigenvalue weighted by Crippen LogP contribution is -2.57. The van der Waals surface area contributed by atoms with Crippen molar-refractivity contribution in [2.45, 2.75) is 13.0 Å². The summed E-state index contributed by atoms with van der Waals surface area (Å²) in [5.41, 5.74) is 0. The average Bonchev–Trinajstić information content (AvgIpc) is 2.39. The molecule has 1 fully saturated rings. The van der Waals surface area contributed by atoms with Gasteiger partial charge in [0.1, 0.15) is 18.4 Å². The van der Waals surface area contributed by atoms with Gasteiger partial charge in [0.05, 0.1) is 13.1 Å². The molecule has 18 heavy (non-hydrogen) atoms. The number of carbonyl (C=O) groups is 2. The minimum atomic E-state index is -0.425. The SMILES string of the molecule is CC1C(=O)NCC(=O)N1CCOc1ccccc1. The molecule has 0 spiro atoms. The summed E-state index contributed by atoms with van der Waals surface area (Å²) in [5, 5.41) is 2.55. The number of carbonyl (C=O) groups excluding carboxylic acids is 2. The van der Waals surface area contributed by atoms with E-state index in [0.29, 0.717) is 13.2 Å². The number of rotatable bonds is 4. The zero-order chi connectivity index (χ0) is 13.0. The van der Waals surface area contributed by atoms with Crippen molar-refractivity contribution in [2.24, 2.45) is 0 Å². The molecule has 1 saturated heterocycles. The summed E-state index contributed by atoms with van der Waals surface area (Å²) in [7, 11) is 0. The number of nitrogens with zero attached hydrogens (tertiary/aromatic N) is 1. The molecule has 5 nitrogen and oxygen atoms in total. The first-order valence-corrected chi connectivity index (χ1v) is 5.93. The van der Waals surface area contributed by atoms with Crippen LogP contribution in [0.3, 0.4) is 0 Å². The van der Waals surface area contributed by atoms with Crippen LogP contribution in [0.2, 0.25) is 0 Å². The lowest BCUT2D eigenvalue weighted by molar-refractivity contribution is -0.145. The number of nitrogens with one attached hydrogen (secondary N) is 1. The minimum absolute atomic E-state index is 0.0706. The molecule has 0 radical (unpaired) electrons. The molecule has 2 amide bonds. The Balaban J connectivity index is 1.85. The van der Waals surface area contributed by atoms with Crippen molar-refractivity contribution in [3.63, 3.8) is 0 Å². The van der Waals surface area contributed by atoms with Crippen LogP contribution < -0.4 is 10.1 Å². The Morgan fingerprint density at radius 2 is 2.06 bits per heavy atom. The molecule has 2 rings (SSSR count). The summed E-state index contributed by atoms with van der Waals surface area (Å²) in [6, 6.07) is 8.97. The molecule has 96 valence electrons. The van der Waals surface area contributed by atoms with Crippen molar-refractivity contribution in [3.8, 4) is 5.75 Å². The molecule has 1 heterocycles. The minimum Gasteiger partial charge on any atom is -0.492 e. The highest BCUT2D eigenvalue weighted by atomic mass is 16.5. The Morgan fingerprint density at radius 3 is 2.78 bits per heavy atom. The summed E-state index contributed by atoms with van der Waals surface area (Å²) in [6.45, 7) is 2.60. The van der Waals surface area contributed by atoms with Crippen LogP contribution in [0, 0.1) is 0 Å². The lowest BCUT2D eigenvalue weighted by Gasteiger charge is -2.32. The van der Waals surface area contributed by atoms with Crippen molar-refractivity contribution in [3.05, 3.63) is 30.3 Å². The number of hydrogen-bond donors (Lipinski definition) is 1. The molecule has 1 unspecified atom stereocenters. The normalized spacial score (nSPS) is 19.6. The van der Waals surface area contributed by atoms with Gasteiger partial charge in [0.15, 0.2) is 0 Å². The van der Waals surface area contributed by atoms with E-state index in [1.165, 1.54) is 0 Å². The molecule has 1 aliphatic rings. The van der Waals surface area contributed by atoms with E-state index in [1.807, 2.05) is 30.3 Å². The first kappa shape index (κ1) is 12.4. The molecule has 1 aliphatic heterocycles. The number of para-hydroxylation sites is 1. The fourth-order valence-electron chi connectivity index (χ4n) is 1.87. The van der Waals surface area contributed by atoms with E-state index in [0.717, 1.165) is 5.75 Å². The van der Waals surface area contributed by atoms with E-state index in [2.05, 4.69) is 5.32 Å². The zero-order valence-electron chi connectivity index (χ0n) is 10.3. The Hall–Kier alpha value is -2.04. The molecule has 0 aromatic heterocycles. The highest BCUT2D eigenvalue weighted by Gasteiger charge is 2.30. The van der Waals surface area contributed by atoms with Crippen LogP contribution in [0.1, 0.15) is 6.92 Å². The van der Waals surface area contributed by atoms with Crippen LogP contribution in [0.25, 0.3) is 0 Å². The summed E-state index contributed by atoms with van der Waals surface area (Å²) in [6.07, 6.45) is 0. The van der Waals surface area contributed by atoms with Gasteiger partial charge in [0.2, 0.25) is 11.8 Å². The fourth-order valence-corrected chi connectivity index (χ4v) is 1.87. The van der Waals surface area contributed by atoms with Crippen molar-refractivity contribution in [1.29, 1.82) is 0 Å². The average molecular weight is 248 g/mol. The van der Waals surface area contributed by atoms with Gasteiger partial charge in [-0.25, -0.2) is 0 Å². The molecule has 5 heteroatoms. The van der Waals surface area contributed by atoms with Crippen LogP contribution in [0.5, 0.6) is 5.75 Å². The largest absolute Gasteiger partial charge is 0.492 e. The Labute approximate surface area is 106 Å². The van der Waals surface area contributed by atoms with Crippen LogP contribution in [0.4, 0.5) is 0 Å². The molecule has 0 saturated carbocycles. The summed E-state index contributed by atoms with van der Waals surface area (Å²) in [5.74, 6) is 0.576. The molecule has 1 atom stereocenters. The Bertz CT molecular complexity index is 433. The van der Waals surface area contributed by atoms with E-state index in [4.69, 9.17) is 4.74 Å². The molecule has 0 bridgehead atoms. The van der Waals surface area contributed by atoms with Gasteiger partial charge in [0, 0.05) is 0 Å². The van der Waals surface area contributed by atoms with E-state index < -0.39 is 6.04 Å². The maximum absolute atomic E-state index is 11.6. The number of hydrogen-bond acceptors (Lipinski definition) is 3. The highest BCUT2D eigenvalue weighted by Crippen LogP contribution is 2.09. The van der Waals surface area contributed by atoms with Gasteiger partial charge in [-0.1, -0.05) is 18.2 Å². The van der Waals surface area contributed by atoms with Crippen LogP contribution in [-0.2, 0) is 9.59 Å². The predicted octanol–water partition coefficient (Wildman–Crippen LogP) is 0.412. The molecule has 1 N–H and O–H groups in total. The predicted molar refractivity (Wildman–Crippen MR) is 66.1 cm³/mol. The van der Waals surface area contributed by atoms with Crippen molar-refractivity contribution < 1.29 is 14.3 Å². The second-order valence-electron chi connectivity index (χ2n) is 4.14. The van der Waals surface area contributed by atoms with Gasteiger partial charge < -0.3 is 15.0 Å². The van der Waals surface area contributed by atoms with E-state index in [1.54, 1.807) is 11.8 Å². The van der Waals surface area contributed by atoms with Crippen LogP contribution in [0.15, 0.2) is 30.3 Å². The van der Waals surface area contributed by atoms with Crippen molar-refractivity contribution in [2.75, 3.05) is 19.7 Å². The van der Waals surface area contributed by atoms with E-state index in [9.17, 15) is 9.59 Å². The number of amides is 2. The fraction of sp³-hybridized carbons (Fsp3) is 0.385. The first-order chi connectivity index (χ1) is 8.68. The third kappa shape index (κ3) is 2.80. The van der Waals surface area contributed by atoms with E-state index in [-0.39, 0.29) is 18.4 Å². The Morgan fingerprint density at radius 1 is 1.33 bits per heavy atom. The molecule has 0 aliphatic carbocycles. The monoisotopic (exact) mass is 248 g/mol. The molecular weight excluding hydrogens is 232 g/mol. The van der Waals surface area contributed by atoms with E-state index >= 15 is 0 Å². The first-order valence-electron chi connectivity index (χ1n) is 5.93. The summed E-state index contributed by atoms with van der Waals surface area (Å²) < 4.78 is 5.52. The maximum Gasteiger partial charge on any atom is 0.242 e. The number of benzene rings is 1. The summed E-state index contributed by atoms with van der Waals surface area (Å²) >= 11 is 0. The Kier molecular flexibility index (Phi) is 3.82. The van der Waals surface area contributed by atoms with Crippen LogP contribution >= 0.6 is 0 Å². The number of ether oxygens (including phenoxy) is 1. The quantitative estimate of drug-likeness (QED) is 0.839. The number of piperazine rings is 1. The lowest BCUT2D eigenvalue weighted by atomic mass is 10.2. The second-order valence-corrected chi connectivity index (χ2v) is 4.14. The van der Waals surface area contributed by atoms with Gasteiger partial charge >= 0.3 is 0 Å². The standard InChI is InChI=1S/C13H16N2O3/c1-10-13(17)14-9-12(16)15(10)7-8-18-11-5-3-2-4-6-11/h2-6,10H,7-9H2,1H3,(H,14,17). The van der Waals surface area contributed by atoms with Gasteiger partial charge in [-0.15, -0.1) is 0 Å². The molecule has 1 aromatic carbocycles. The third-order valence-corrected chi connectivity index (χ3v) is 2.93. The summed E-state index contributed by atoms with van der Waals surface area (Å²) in [4.78, 5) is 24.6. The second kappa shape index (κ2) is 5.53. The molecular formula is C13H16N2O3. The van der Waals surface area contributed by atoms with Gasteiger partial charge in [-0.2, -0.15) is 0 Å². The van der Waals surface area contributed by atoms with Crippen molar-refractivity contribution in [1.82, 2.24) is 10.2 Å². The zero-order valence-corrected chi connectivity index (χ0v) is 10.3.